The Hall–Kier alpha value is -0.360. The van der Waals surface area contributed by atoms with Gasteiger partial charge < -0.3 is 47.1 Å². The van der Waals surface area contributed by atoms with Crippen molar-refractivity contribution >= 4 is 0 Å². The van der Waals surface area contributed by atoms with E-state index in [0.717, 1.165) is 0 Å². The van der Waals surface area contributed by atoms with Crippen LogP contribution in [0.5, 0.6) is 0 Å². The first-order valence-corrected chi connectivity index (χ1v) is 7.57. The molecule has 0 radical (unpaired) electrons. The topological polar surface area (TPSA) is 177 Å². The number of aliphatic hydroxyl groups excluding tert-OH is 4. The molecule has 22 heavy (non-hydrogen) atoms. The summed E-state index contributed by atoms with van der Waals surface area (Å²) in [6.07, 6.45) is -6.65. The van der Waals surface area contributed by atoms with E-state index in [1.165, 1.54) is 0 Å². The second-order valence-electron chi connectivity index (χ2n) is 6.16. The van der Waals surface area contributed by atoms with Crippen LogP contribution >= 0.6 is 0 Å². The van der Waals surface area contributed by atoms with Crippen LogP contribution in [-0.2, 0) is 9.47 Å². The van der Waals surface area contributed by atoms with Gasteiger partial charge in [-0.05, 0) is 12.8 Å². The molecule has 1 saturated heterocycles. The van der Waals surface area contributed by atoms with Gasteiger partial charge >= 0.3 is 0 Å². The number of rotatable bonds is 3. The molecular formula is C13H27N3O6. The van der Waals surface area contributed by atoms with Gasteiger partial charge in [0.2, 0.25) is 0 Å². The molecule has 2 rings (SSSR count). The Bertz CT molecular complexity index is 374. The van der Waals surface area contributed by atoms with Crippen molar-refractivity contribution in [2.24, 2.45) is 17.2 Å². The van der Waals surface area contributed by atoms with E-state index in [4.69, 9.17) is 26.7 Å². The number of hydrogen-bond donors (Lipinski definition) is 7. The minimum atomic E-state index is -1.28. The van der Waals surface area contributed by atoms with Gasteiger partial charge in [0.05, 0.1) is 18.2 Å². The van der Waals surface area contributed by atoms with Crippen molar-refractivity contribution in [3.05, 3.63) is 0 Å². The fraction of sp³-hybridized carbons (Fsp3) is 1.00. The average Bonchev–Trinajstić information content (AvgIpc) is 2.49. The summed E-state index contributed by atoms with van der Waals surface area (Å²) >= 11 is 0. The molecule has 2 fully saturated rings. The number of ether oxygens (including phenoxy) is 2. The lowest BCUT2D eigenvalue weighted by Gasteiger charge is -2.45. The molecule has 0 amide bonds. The molecule has 1 aliphatic carbocycles. The molecule has 10 N–H and O–H groups in total. The van der Waals surface area contributed by atoms with Crippen molar-refractivity contribution in [3.8, 4) is 0 Å². The van der Waals surface area contributed by atoms with Crippen molar-refractivity contribution in [1.82, 2.24) is 0 Å². The van der Waals surface area contributed by atoms with Crippen LogP contribution in [0.2, 0.25) is 0 Å². The highest BCUT2D eigenvalue weighted by atomic mass is 16.7. The van der Waals surface area contributed by atoms with E-state index in [-0.39, 0.29) is 6.42 Å². The molecule has 0 bridgehead atoms. The van der Waals surface area contributed by atoms with Gasteiger partial charge in [0.15, 0.2) is 6.29 Å². The molecule has 2 aliphatic rings. The van der Waals surface area contributed by atoms with Crippen LogP contribution in [0, 0.1) is 0 Å². The largest absolute Gasteiger partial charge is 0.389 e. The van der Waals surface area contributed by atoms with E-state index in [1.807, 2.05) is 0 Å². The summed E-state index contributed by atoms with van der Waals surface area (Å²) in [6.45, 7) is 1.79. The van der Waals surface area contributed by atoms with Gasteiger partial charge in [0.25, 0.3) is 0 Å². The quantitative estimate of drug-likeness (QED) is 0.276. The summed E-state index contributed by atoms with van der Waals surface area (Å²) in [4.78, 5) is 0. The molecule has 1 aliphatic heterocycles. The Kier molecular flexibility index (Phi) is 5.75. The van der Waals surface area contributed by atoms with Gasteiger partial charge in [-0.3, -0.25) is 0 Å². The first-order chi connectivity index (χ1) is 10.3. The Balaban J connectivity index is 2.08. The second-order valence-corrected chi connectivity index (χ2v) is 6.16. The average molecular weight is 321 g/mol. The predicted molar refractivity (Wildman–Crippen MR) is 76.4 cm³/mol. The van der Waals surface area contributed by atoms with Gasteiger partial charge in [-0.1, -0.05) is 6.92 Å². The molecular weight excluding hydrogens is 294 g/mol. The second kappa shape index (κ2) is 7.04. The smallest absolute Gasteiger partial charge is 0.176 e. The van der Waals surface area contributed by atoms with Crippen LogP contribution in [0.4, 0.5) is 0 Å². The van der Waals surface area contributed by atoms with Crippen LogP contribution in [-0.4, -0.2) is 81.5 Å². The molecule has 0 aromatic rings. The summed E-state index contributed by atoms with van der Waals surface area (Å²) in [5, 5.41) is 39.8. The maximum absolute atomic E-state index is 10.1. The van der Waals surface area contributed by atoms with E-state index in [0.29, 0.717) is 6.42 Å². The number of hydrogen-bond acceptors (Lipinski definition) is 9. The van der Waals surface area contributed by atoms with Gasteiger partial charge in [0, 0.05) is 12.1 Å². The summed E-state index contributed by atoms with van der Waals surface area (Å²) in [5.41, 5.74) is 17.5. The normalized spacial score (nSPS) is 53.5. The summed E-state index contributed by atoms with van der Waals surface area (Å²) in [7, 11) is 0. The van der Waals surface area contributed by atoms with Crippen LogP contribution in [0.25, 0.3) is 0 Å². The lowest BCUT2D eigenvalue weighted by Crippen LogP contribution is -2.66. The molecule has 1 saturated carbocycles. The Morgan fingerprint density at radius 2 is 1.59 bits per heavy atom. The molecule has 10 atom stereocenters. The van der Waals surface area contributed by atoms with E-state index < -0.39 is 61.0 Å². The Morgan fingerprint density at radius 3 is 2.18 bits per heavy atom. The van der Waals surface area contributed by atoms with Crippen molar-refractivity contribution in [3.63, 3.8) is 0 Å². The van der Waals surface area contributed by atoms with Gasteiger partial charge in [-0.2, -0.15) is 0 Å². The standard InChI is InChI=1S/C13H27N3O6/c1-2-6-9(18)10(19)7(16)13(21-6)22-12-5(15)3-4(14)8(17)11(12)20/h4-13,17-20H,2-3,14-16H2,1H3/t4-,5+,6-,7?,8?,9?,10?,11?,12?,13?/m1/s1. The lowest BCUT2D eigenvalue weighted by atomic mass is 9.84. The maximum Gasteiger partial charge on any atom is 0.176 e. The number of nitrogens with two attached hydrogens (primary N) is 3. The van der Waals surface area contributed by atoms with Gasteiger partial charge in [-0.25, -0.2) is 0 Å². The minimum Gasteiger partial charge on any atom is -0.389 e. The van der Waals surface area contributed by atoms with Gasteiger partial charge in [-0.15, -0.1) is 0 Å². The van der Waals surface area contributed by atoms with Crippen molar-refractivity contribution in [2.45, 2.75) is 80.8 Å². The van der Waals surface area contributed by atoms with Crippen LogP contribution < -0.4 is 17.2 Å². The first kappa shape index (κ1) is 18.0. The van der Waals surface area contributed by atoms with E-state index in [9.17, 15) is 20.4 Å². The lowest BCUT2D eigenvalue weighted by molar-refractivity contribution is -0.290. The monoisotopic (exact) mass is 321 g/mol. The van der Waals surface area contributed by atoms with E-state index >= 15 is 0 Å². The summed E-state index contributed by atoms with van der Waals surface area (Å²) < 4.78 is 11.2. The Morgan fingerprint density at radius 1 is 0.955 bits per heavy atom. The number of aliphatic hydroxyl groups is 4. The molecule has 130 valence electrons. The minimum absolute atomic E-state index is 0.271. The van der Waals surface area contributed by atoms with E-state index in [1.54, 1.807) is 6.92 Å². The molecule has 1 heterocycles. The molecule has 7 unspecified atom stereocenters. The Labute approximate surface area is 129 Å². The fourth-order valence-electron chi connectivity index (χ4n) is 3.04. The third-order valence-corrected chi connectivity index (χ3v) is 4.53. The first-order valence-electron chi connectivity index (χ1n) is 7.57. The van der Waals surface area contributed by atoms with Crippen molar-refractivity contribution in [2.75, 3.05) is 0 Å². The molecule has 9 nitrogen and oxygen atoms in total. The summed E-state index contributed by atoms with van der Waals surface area (Å²) in [5.74, 6) is 0. The highest BCUT2D eigenvalue weighted by Gasteiger charge is 2.47. The predicted octanol–water partition coefficient (Wildman–Crippen LogP) is -3.66. The van der Waals surface area contributed by atoms with Gasteiger partial charge in [0.1, 0.15) is 24.4 Å². The molecule has 0 spiro atoms. The highest BCUT2D eigenvalue weighted by Crippen LogP contribution is 2.27. The van der Waals surface area contributed by atoms with Crippen LogP contribution in [0.3, 0.4) is 0 Å². The maximum atomic E-state index is 10.1. The third kappa shape index (κ3) is 3.28. The molecule has 9 heteroatoms. The summed E-state index contributed by atoms with van der Waals surface area (Å²) in [6, 6.07) is -2.24. The van der Waals surface area contributed by atoms with Crippen molar-refractivity contribution in [1.29, 1.82) is 0 Å². The zero-order chi connectivity index (χ0) is 16.6. The van der Waals surface area contributed by atoms with E-state index in [2.05, 4.69) is 0 Å². The molecule has 0 aromatic heterocycles. The zero-order valence-electron chi connectivity index (χ0n) is 12.5. The molecule has 0 aromatic carbocycles. The SMILES string of the molecule is CC[C@H]1OC(OC2C(O)C(O)[C@H](N)C[C@@H]2N)C(N)C(O)C1O. The zero-order valence-corrected chi connectivity index (χ0v) is 12.5. The van der Waals surface area contributed by atoms with Crippen molar-refractivity contribution < 1.29 is 29.9 Å². The third-order valence-electron chi connectivity index (χ3n) is 4.53. The fourth-order valence-corrected chi connectivity index (χ4v) is 3.04. The van der Waals surface area contributed by atoms with Crippen LogP contribution in [0.1, 0.15) is 19.8 Å². The van der Waals surface area contributed by atoms with Crippen LogP contribution in [0.15, 0.2) is 0 Å². The highest BCUT2D eigenvalue weighted by molar-refractivity contribution is 4.99.